The summed E-state index contributed by atoms with van der Waals surface area (Å²) < 4.78 is 0. The number of hydrogen-bond acceptors (Lipinski definition) is 5. The number of azide groups is 3. The van der Waals surface area contributed by atoms with E-state index < -0.39 is 0 Å². The molecule has 0 saturated heterocycles. The first kappa shape index (κ1) is 34.2. The zero-order chi connectivity index (χ0) is 38.7. The van der Waals surface area contributed by atoms with Crippen molar-refractivity contribution in [3.63, 3.8) is 0 Å². The maximum atomic E-state index is 9.07. The Hall–Kier alpha value is -8.59. The van der Waals surface area contributed by atoms with Crippen molar-refractivity contribution in [3.05, 3.63) is 181 Å². The molecule has 0 unspecified atom stereocenters. The minimum absolute atomic E-state index is 0.491. The van der Waals surface area contributed by atoms with Crippen molar-refractivity contribution in [2.24, 2.45) is 15.3 Å². The van der Waals surface area contributed by atoms with Gasteiger partial charge in [0.25, 0.3) is 0 Å². The van der Waals surface area contributed by atoms with Gasteiger partial charge in [0.1, 0.15) is 0 Å². The predicted molar refractivity (Wildman–Crippen MR) is 227 cm³/mol. The van der Waals surface area contributed by atoms with Crippen LogP contribution in [0.2, 0.25) is 0 Å². The van der Waals surface area contributed by atoms with Crippen molar-refractivity contribution in [2.45, 2.75) is 0 Å². The normalized spacial score (nSPS) is 11.4. The van der Waals surface area contributed by atoms with Crippen LogP contribution in [-0.4, -0.2) is 19.9 Å². The summed E-state index contributed by atoms with van der Waals surface area (Å²) in [6, 6.07) is 40.5. The van der Waals surface area contributed by atoms with Gasteiger partial charge in [0.15, 0.2) is 0 Å². The van der Waals surface area contributed by atoms with Crippen molar-refractivity contribution in [1.29, 1.82) is 0 Å². The van der Waals surface area contributed by atoms with E-state index in [1.165, 1.54) is 0 Å². The van der Waals surface area contributed by atoms with Crippen molar-refractivity contribution in [2.75, 3.05) is 0 Å². The van der Waals surface area contributed by atoms with Gasteiger partial charge in [-0.2, -0.15) is 0 Å². The Kier molecular flexibility index (Phi) is 8.81. The van der Waals surface area contributed by atoms with Gasteiger partial charge in [-0.3, -0.25) is 0 Å². The van der Waals surface area contributed by atoms with Crippen LogP contribution in [0.25, 0.3) is 122 Å². The third-order valence-electron chi connectivity index (χ3n) is 9.76. The van der Waals surface area contributed by atoms with Crippen LogP contribution in [0.4, 0.5) is 17.1 Å². The summed E-state index contributed by atoms with van der Waals surface area (Å²) in [5.41, 5.74) is 41.9. The fourth-order valence-corrected chi connectivity index (χ4v) is 7.26. The van der Waals surface area contributed by atoms with E-state index in [1.54, 1.807) is 36.4 Å². The van der Waals surface area contributed by atoms with Crippen molar-refractivity contribution < 1.29 is 0 Å². The molecular formula is C44H27N13. The van der Waals surface area contributed by atoms with Crippen LogP contribution in [0.3, 0.4) is 0 Å². The van der Waals surface area contributed by atoms with Crippen LogP contribution in [0.15, 0.2) is 143 Å². The second-order valence-electron chi connectivity index (χ2n) is 13.1. The van der Waals surface area contributed by atoms with E-state index in [0.29, 0.717) is 22.8 Å². The fourth-order valence-electron chi connectivity index (χ4n) is 7.26. The number of aromatic amines is 2. The SMILES string of the molecule is [N-]=[N+]=Nc1ccc(-c2c3nc(c(-c4ccc(N=[N+]=[N-])cc4)c4ccc([nH]4)c(-c4ccc(N=[N+]=[N-])cc4)c4nc(c(-c5ccccc5)c5ccc2[nH]5)C=C4)C=C3)cc1. The van der Waals surface area contributed by atoms with Gasteiger partial charge in [-0.1, -0.05) is 118 Å². The highest BCUT2D eigenvalue weighted by Crippen LogP contribution is 2.39. The highest BCUT2D eigenvalue weighted by atomic mass is 15.1. The van der Waals surface area contributed by atoms with Gasteiger partial charge >= 0.3 is 0 Å². The molecule has 7 aromatic rings. The van der Waals surface area contributed by atoms with Gasteiger partial charge in [0.2, 0.25) is 0 Å². The fraction of sp³-hybridized carbons (Fsp3) is 0. The van der Waals surface area contributed by atoms with Crippen LogP contribution >= 0.6 is 0 Å². The van der Waals surface area contributed by atoms with Gasteiger partial charge in [0.05, 0.1) is 22.8 Å². The quantitative estimate of drug-likeness (QED) is 0.0930. The average molecular weight is 738 g/mol. The van der Waals surface area contributed by atoms with Gasteiger partial charge in [0, 0.05) is 76.1 Å². The molecule has 268 valence electrons. The molecule has 0 spiro atoms. The van der Waals surface area contributed by atoms with Crippen molar-refractivity contribution in [3.8, 4) is 44.5 Å². The zero-order valence-electron chi connectivity index (χ0n) is 29.9. The Labute approximate surface area is 323 Å². The lowest BCUT2D eigenvalue weighted by Gasteiger charge is -2.07. The highest BCUT2D eigenvalue weighted by Gasteiger charge is 2.19. The first-order valence-electron chi connectivity index (χ1n) is 17.8. The summed E-state index contributed by atoms with van der Waals surface area (Å²) in [5, 5.41) is 11.3. The molecule has 3 aromatic heterocycles. The molecule has 0 saturated carbocycles. The Morgan fingerprint density at radius 3 is 0.912 bits per heavy atom. The Morgan fingerprint density at radius 2 is 0.632 bits per heavy atom. The molecule has 13 nitrogen and oxygen atoms in total. The number of hydrogen-bond donors (Lipinski definition) is 2. The molecule has 2 aliphatic rings. The lowest BCUT2D eigenvalue weighted by Crippen LogP contribution is -1.89. The molecule has 2 N–H and O–H groups in total. The molecule has 4 aromatic carbocycles. The van der Waals surface area contributed by atoms with E-state index >= 15 is 0 Å². The number of H-pyrrole nitrogens is 2. The van der Waals surface area contributed by atoms with Gasteiger partial charge < -0.3 is 9.97 Å². The molecular weight excluding hydrogens is 711 g/mol. The van der Waals surface area contributed by atoms with Gasteiger partial charge in [-0.25, -0.2) is 9.97 Å². The summed E-state index contributed by atoms with van der Waals surface area (Å²) in [6.45, 7) is 0. The van der Waals surface area contributed by atoms with E-state index in [0.717, 1.165) is 83.7 Å². The number of nitrogens with zero attached hydrogens (tertiary/aromatic N) is 11. The first-order chi connectivity index (χ1) is 28.1. The Morgan fingerprint density at radius 1 is 0.351 bits per heavy atom. The van der Waals surface area contributed by atoms with Crippen LogP contribution in [0, 0.1) is 0 Å². The van der Waals surface area contributed by atoms with Crippen LogP contribution in [0.1, 0.15) is 22.8 Å². The van der Waals surface area contributed by atoms with E-state index in [1.807, 2.05) is 97.1 Å². The standard InChI is InChI=1S/C44H27N13/c45-55-52-30-12-6-27(7-13-30)42-35-20-18-33(48-35)41(26-4-2-1-3-5-26)34-19-21-36(49-34)43(28-8-14-31(15-9-28)53-56-46)38-23-25-40(51-38)44(39-24-22-37(42)50-39)29-10-16-32(17-11-29)54-57-47/h1-25,48,51H. The summed E-state index contributed by atoms with van der Waals surface area (Å²) in [4.78, 5) is 26.9. The van der Waals surface area contributed by atoms with E-state index in [-0.39, 0.29) is 0 Å². The summed E-state index contributed by atoms with van der Waals surface area (Å²) in [6.07, 6.45) is 8.04. The monoisotopic (exact) mass is 737 g/mol. The molecule has 9 rings (SSSR count). The van der Waals surface area contributed by atoms with Crippen molar-refractivity contribution >= 4 is 63.4 Å². The number of aromatic nitrogens is 4. The number of nitrogens with one attached hydrogen (secondary N) is 2. The van der Waals surface area contributed by atoms with Crippen LogP contribution in [0.5, 0.6) is 0 Å². The Bertz CT molecular complexity index is 3040. The van der Waals surface area contributed by atoms with E-state index in [2.05, 4.69) is 58.2 Å². The van der Waals surface area contributed by atoms with E-state index in [9.17, 15) is 0 Å². The highest BCUT2D eigenvalue weighted by molar-refractivity contribution is 6.00. The second-order valence-corrected chi connectivity index (χ2v) is 13.1. The molecule has 0 radical (unpaired) electrons. The molecule has 2 aliphatic heterocycles. The number of benzene rings is 4. The molecule has 0 aliphatic carbocycles. The molecule has 0 atom stereocenters. The third-order valence-corrected chi connectivity index (χ3v) is 9.76. The summed E-state index contributed by atoms with van der Waals surface area (Å²) >= 11 is 0. The third kappa shape index (κ3) is 6.52. The largest absolute Gasteiger partial charge is 0.354 e. The zero-order valence-corrected chi connectivity index (χ0v) is 29.9. The average Bonchev–Trinajstić information content (AvgIpc) is 4.09. The minimum atomic E-state index is 0.491. The van der Waals surface area contributed by atoms with Crippen LogP contribution in [-0.2, 0) is 0 Å². The smallest absolute Gasteiger partial charge is 0.0737 e. The lowest BCUT2D eigenvalue weighted by molar-refractivity contribution is 1.31. The van der Waals surface area contributed by atoms with Crippen LogP contribution < -0.4 is 0 Å². The predicted octanol–water partition coefficient (Wildman–Crippen LogP) is 14.1. The summed E-state index contributed by atoms with van der Waals surface area (Å²) in [7, 11) is 0. The van der Waals surface area contributed by atoms with Gasteiger partial charge in [-0.15, -0.1) is 0 Å². The van der Waals surface area contributed by atoms with Crippen molar-refractivity contribution in [1.82, 2.24) is 19.9 Å². The first-order valence-corrected chi connectivity index (χ1v) is 17.8. The summed E-state index contributed by atoms with van der Waals surface area (Å²) in [5.74, 6) is 0. The molecule has 13 heteroatoms. The second kappa shape index (κ2) is 14.7. The topological polar surface area (TPSA) is 204 Å². The molecule has 0 fully saturated rings. The molecule has 57 heavy (non-hydrogen) atoms. The van der Waals surface area contributed by atoms with Gasteiger partial charge in [-0.05, 0) is 87.4 Å². The molecule has 5 heterocycles. The Balaban J connectivity index is 1.44. The maximum Gasteiger partial charge on any atom is 0.0737 e. The maximum absolute atomic E-state index is 9.07. The number of rotatable bonds is 7. The lowest BCUT2D eigenvalue weighted by atomic mass is 10.0. The molecule has 0 amide bonds. The van der Waals surface area contributed by atoms with E-state index in [4.69, 9.17) is 26.6 Å². The molecule has 8 bridgehead atoms. The minimum Gasteiger partial charge on any atom is -0.354 e. The number of fused-ring (bicyclic) bond motifs is 8.